The summed E-state index contributed by atoms with van der Waals surface area (Å²) in [7, 11) is 3.62. The molecule has 1 aromatic heterocycles. The Bertz CT molecular complexity index is 982. The molecular weight excluding hydrogens is 462 g/mol. The number of carbonyl (C=O) groups excluding carboxylic acids is 1. The highest BCUT2D eigenvalue weighted by molar-refractivity contribution is 9.10. The number of rotatable bonds is 7. The molecule has 3 rings (SSSR count). The molecule has 1 saturated heterocycles. The summed E-state index contributed by atoms with van der Waals surface area (Å²) in [6, 6.07) is 7.35. The number of hydrogen-bond donors (Lipinski definition) is 0. The van der Waals surface area contributed by atoms with Crippen LogP contribution in [0.2, 0.25) is 0 Å². The molecule has 1 atom stereocenters. The topological polar surface area (TPSA) is 67.0 Å². The minimum atomic E-state index is -0.346. The van der Waals surface area contributed by atoms with Gasteiger partial charge in [0.15, 0.2) is 5.49 Å². The van der Waals surface area contributed by atoms with Crippen molar-refractivity contribution in [2.45, 2.75) is 51.7 Å². The van der Waals surface area contributed by atoms with Crippen molar-refractivity contribution in [3.63, 3.8) is 0 Å². The Morgan fingerprint density at radius 1 is 1.29 bits per heavy atom. The molecular formula is C23H32BrN3O4. The first-order chi connectivity index (χ1) is 14.7. The third-order valence-electron chi connectivity index (χ3n) is 5.34. The smallest absolute Gasteiger partial charge is 0.282 e. The first-order valence-corrected chi connectivity index (χ1v) is 11.4. The van der Waals surface area contributed by atoms with Crippen LogP contribution in [0.5, 0.6) is 5.75 Å². The molecule has 1 aromatic carbocycles. The van der Waals surface area contributed by atoms with Gasteiger partial charge >= 0.3 is 0 Å². The lowest BCUT2D eigenvalue weighted by atomic mass is 9.92. The van der Waals surface area contributed by atoms with Crippen molar-refractivity contribution in [2.24, 2.45) is 12.0 Å². The predicted octanol–water partition coefficient (Wildman–Crippen LogP) is 3.83. The van der Waals surface area contributed by atoms with Gasteiger partial charge in [0, 0.05) is 42.4 Å². The molecule has 170 valence electrons. The van der Waals surface area contributed by atoms with E-state index in [4.69, 9.17) is 14.2 Å². The number of nitrogens with zero attached hydrogens (tertiary/aromatic N) is 3. The van der Waals surface area contributed by atoms with E-state index >= 15 is 0 Å². The fraction of sp³-hybridized carbons (Fsp3) is 0.565. The Kier molecular flexibility index (Phi) is 7.78. The molecule has 0 radical (unpaired) electrons. The van der Waals surface area contributed by atoms with Crippen LogP contribution in [0.4, 0.5) is 0 Å². The van der Waals surface area contributed by atoms with E-state index in [2.05, 4.69) is 46.4 Å². The van der Waals surface area contributed by atoms with Gasteiger partial charge in [-0.1, -0.05) is 36.7 Å². The maximum atomic E-state index is 13.2. The van der Waals surface area contributed by atoms with Crippen molar-refractivity contribution in [1.82, 2.24) is 9.36 Å². The quantitative estimate of drug-likeness (QED) is 0.549. The number of methoxy groups -OCH3 is 1. The van der Waals surface area contributed by atoms with E-state index in [0.29, 0.717) is 36.6 Å². The summed E-state index contributed by atoms with van der Waals surface area (Å²) in [4.78, 5) is 17.7. The van der Waals surface area contributed by atoms with Gasteiger partial charge in [-0.2, -0.15) is 4.99 Å². The van der Waals surface area contributed by atoms with Crippen LogP contribution in [0, 0.1) is 0 Å². The second-order valence-corrected chi connectivity index (χ2v) is 9.69. The summed E-state index contributed by atoms with van der Waals surface area (Å²) in [5, 5.41) is 0. The fourth-order valence-corrected chi connectivity index (χ4v) is 4.12. The third-order valence-corrected chi connectivity index (χ3v) is 5.84. The predicted molar refractivity (Wildman–Crippen MR) is 122 cm³/mol. The molecule has 0 spiro atoms. The second-order valence-electron chi connectivity index (χ2n) is 8.78. The monoisotopic (exact) mass is 493 g/mol. The summed E-state index contributed by atoms with van der Waals surface area (Å²) in [5.74, 6) is 0.146. The number of carbonyl (C=O) groups is 1. The molecule has 2 heterocycles. The first-order valence-electron chi connectivity index (χ1n) is 10.6. The molecule has 0 bridgehead atoms. The minimum absolute atomic E-state index is 0.0892. The van der Waals surface area contributed by atoms with E-state index in [-0.39, 0.29) is 17.4 Å². The summed E-state index contributed by atoms with van der Waals surface area (Å²) < 4.78 is 21.6. The van der Waals surface area contributed by atoms with E-state index in [1.165, 1.54) is 0 Å². The summed E-state index contributed by atoms with van der Waals surface area (Å²) in [5.41, 5.74) is 2.04. The van der Waals surface area contributed by atoms with Crippen molar-refractivity contribution >= 4 is 21.8 Å². The van der Waals surface area contributed by atoms with Gasteiger partial charge in [0.1, 0.15) is 12.4 Å². The number of ether oxygens (including phenoxy) is 3. The summed E-state index contributed by atoms with van der Waals surface area (Å²) >= 11 is 3.45. The zero-order valence-corrected chi connectivity index (χ0v) is 20.6. The van der Waals surface area contributed by atoms with Crippen molar-refractivity contribution in [2.75, 3.05) is 26.9 Å². The Labute approximate surface area is 192 Å². The molecule has 0 N–H and O–H groups in total. The maximum Gasteiger partial charge on any atom is 0.282 e. The van der Waals surface area contributed by atoms with Gasteiger partial charge in [-0.15, -0.1) is 0 Å². The molecule has 1 aliphatic rings. The van der Waals surface area contributed by atoms with Crippen LogP contribution in [0.25, 0.3) is 0 Å². The number of hydrogen-bond acceptors (Lipinski definition) is 4. The van der Waals surface area contributed by atoms with Gasteiger partial charge in [-0.25, -0.2) is 0 Å². The number of aromatic nitrogens is 2. The van der Waals surface area contributed by atoms with Crippen molar-refractivity contribution in [3.05, 3.63) is 45.5 Å². The lowest BCUT2D eigenvalue weighted by Crippen LogP contribution is -2.30. The van der Waals surface area contributed by atoms with E-state index in [9.17, 15) is 4.79 Å². The van der Waals surface area contributed by atoms with Crippen molar-refractivity contribution < 1.29 is 19.0 Å². The molecule has 0 saturated carbocycles. The molecule has 7 nitrogen and oxygen atoms in total. The van der Waals surface area contributed by atoms with Crippen molar-refractivity contribution in [1.29, 1.82) is 0 Å². The normalized spacial score (nSPS) is 17.4. The van der Waals surface area contributed by atoms with Gasteiger partial charge in [0.25, 0.3) is 5.91 Å². The average Bonchev–Trinajstić information content (AvgIpc) is 3.32. The average molecular weight is 494 g/mol. The Morgan fingerprint density at radius 3 is 2.71 bits per heavy atom. The molecule has 8 heteroatoms. The number of benzene rings is 1. The lowest BCUT2D eigenvalue weighted by molar-refractivity contribution is 0.0885. The van der Waals surface area contributed by atoms with Gasteiger partial charge in [-0.3, -0.25) is 14.2 Å². The zero-order valence-electron chi connectivity index (χ0n) is 19.0. The van der Waals surface area contributed by atoms with Crippen LogP contribution in [0.1, 0.15) is 49.7 Å². The Balaban J connectivity index is 2.02. The number of halogens is 1. The van der Waals surface area contributed by atoms with Crippen LogP contribution in [-0.4, -0.2) is 48.3 Å². The van der Waals surface area contributed by atoms with E-state index in [1.54, 1.807) is 19.2 Å². The number of amides is 1. The largest absolute Gasteiger partial charge is 0.490 e. The van der Waals surface area contributed by atoms with Crippen LogP contribution in [0.15, 0.2) is 33.7 Å². The highest BCUT2D eigenvalue weighted by Crippen LogP contribution is 2.25. The van der Waals surface area contributed by atoms with E-state index in [1.807, 2.05) is 23.9 Å². The molecule has 1 amide bonds. The third kappa shape index (κ3) is 5.87. The van der Waals surface area contributed by atoms with Crippen LogP contribution >= 0.6 is 15.9 Å². The maximum absolute atomic E-state index is 13.2. The van der Waals surface area contributed by atoms with Crippen molar-refractivity contribution in [3.8, 4) is 5.75 Å². The van der Waals surface area contributed by atoms with Crippen LogP contribution in [0.3, 0.4) is 0 Å². The molecule has 1 fully saturated rings. The van der Waals surface area contributed by atoms with Gasteiger partial charge < -0.3 is 14.2 Å². The minimum Gasteiger partial charge on any atom is -0.490 e. The fourth-order valence-electron chi connectivity index (χ4n) is 3.76. The zero-order chi connectivity index (χ0) is 22.6. The molecule has 1 aliphatic heterocycles. The molecule has 0 unspecified atom stereocenters. The van der Waals surface area contributed by atoms with Gasteiger partial charge in [-0.05, 0) is 31.0 Å². The van der Waals surface area contributed by atoms with Crippen LogP contribution in [-0.2, 0) is 28.5 Å². The molecule has 2 aromatic rings. The van der Waals surface area contributed by atoms with Crippen LogP contribution < -0.4 is 10.2 Å². The Morgan fingerprint density at radius 2 is 2.06 bits per heavy atom. The molecule has 31 heavy (non-hydrogen) atoms. The second kappa shape index (κ2) is 10.1. The SMILES string of the molecule is COCCOc1ccc(Br)cc1C(=O)N=c1cc(C(C)(C)C)n(C)n1C[C@H]1CCCO1. The highest BCUT2D eigenvalue weighted by Gasteiger charge is 2.24. The van der Waals surface area contributed by atoms with E-state index < -0.39 is 0 Å². The highest BCUT2D eigenvalue weighted by atomic mass is 79.9. The van der Waals surface area contributed by atoms with E-state index in [0.717, 1.165) is 29.6 Å². The van der Waals surface area contributed by atoms with Gasteiger partial charge in [0.05, 0.1) is 24.8 Å². The standard InChI is InChI=1S/C23H32BrN3O4/c1-23(2,3)20-14-21(27(26(20)4)15-17-7-6-10-30-17)25-22(28)18-13-16(24)8-9-19(18)31-12-11-29-5/h8-9,13-14,17H,6-7,10-12,15H2,1-5H3/t17-/m1/s1. The summed E-state index contributed by atoms with van der Waals surface area (Å²) in [6.45, 7) is 8.70. The van der Waals surface area contributed by atoms with Gasteiger partial charge in [0.2, 0.25) is 0 Å². The first kappa shape index (κ1) is 23.8. The summed E-state index contributed by atoms with van der Waals surface area (Å²) in [6.07, 6.45) is 2.21. The Hall–Kier alpha value is -1.90. The lowest BCUT2D eigenvalue weighted by Gasteiger charge is -2.21. The molecule has 0 aliphatic carbocycles.